The van der Waals surface area contributed by atoms with Gasteiger partial charge in [0.2, 0.25) is 0 Å². The van der Waals surface area contributed by atoms with E-state index in [4.69, 9.17) is 0 Å². The summed E-state index contributed by atoms with van der Waals surface area (Å²) in [6, 6.07) is 14.2. The summed E-state index contributed by atoms with van der Waals surface area (Å²) in [5.41, 5.74) is 11.3. The Morgan fingerprint density at radius 2 is 1.68 bits per heavy atom. The quantitative estimate of drug-likeness (QED) is 0.766. The molecule has 2 aliphatic heterocycles. The summed E-state index contributed by atoms with van der Waals surface area (Å²) in [7, 11) is 1.97. The second-order valence-corrected chi connectivity index (χ2v) is 6.15. The highest BCUT2D eigenvalue weighted by Crippen LogP contribution is 2.32. The first-order valence-corrected chi connectivity index (χ1v) is 8.22. The smallest absolute Gasteiger partial charge is 0.253 e. The van der Waals surface area contributed by atoms with Gasteiger partial charge in [0.05, 0.1) is 11.4 Å². The summed E-state index contributed by atoms with van der Waals surface area (Å²) < 4.78 is 0. The molecule has 0 unspecified atom stereocenters. The van der Waals surface area contributed by atoms with E-state index >= 15 is 0 Å². The fourth-order valence-electron chi connectivity index (χ4n) is 3.17. The number of piperazine rings is 1. The monoisotopic (exact) mass is 359 g/mol. The Kier molecular flexibility index (Phi) is 5.13. The number of carbonyl (C=O) groups is 1. The molecule has 0 saturated carbocycles. The van der Waals surface area contributed by atoms with Gasteiger partial charge in [0.25, 0.3) is 5.91 Å². The van der Waals surface area contributed by atoms with Crippen LogP contribution in [0.5, 0.6) is 0 Å². The van der Waals surface area contributed by atoms with E-state index in [0.717, 1.165) is 54.2 Å². The lowest BCUT2D eigenvalue weighted by Crippen LogP contribution is -2.46. The van der Waals surface area contributed by atoms with Crippen molar-refractivity contribution in [2.45, 2.75) is 0 Å². The summed E-state index contributed by atoms with van der Waals surface area (Å²) in [6.45, 7) is 3.29. The highest BCUT2D eigenvalue weighted by molar-refractivity contribution is 5.95. The molecule has 2 aliphatic rings. The van der Waals surface area contributed by atoms with Crippen LogP contribution in [0.4, 0.5) is 11.4 Å². The maximum absolute atomic E-state index is 12.5. The van der Waals surface area contributed by atoms with Crippen molar-refractivity contribution in [2.24, 2.45) is 0 Å². The van der Waals surface area contributed by atoms with Gasteiger partial charge in [0.15, 0.2) is 0 Å². The SMILES string of the molecule is CN1NNc2cc(-c3ccc(C(=O)N4CCNCC4)cc3)ccc21.Cl. The van der Waals surface area contributed by atoms with Crippen molar-refractivity contribution in [1.82, 2.24) is 15.8 Å². The minimum atomic E-state index is 0. The number of nitrogens with one attached hydrogen (secondary N) is 3. The summed E-state index contributed by atoms with van der Waals surface area (Å²) in [4.78, 5) is 14.4. The fourth-order valence-corrected chi connectivity index (χ4v) is 3.17. The van der Waals surface area contributed by atoms with Crippen molar-refractivity contribution in [1.29, 1.82) is 0 Å². The van der Waals surface area contributed by atoms with Crippen molar-refractivity contribution in [2.75, 3.05) is 43.7 Å². The molecular formula is C18H22ClN5O. The molecule has 1 fully saturated rings. The number of fused-ring (bicyclic) bond motifs is 1. The summed E-state index contributed by atoms with van der Waals surface area (Å²) in [5.74, 6) is 0.115. The van der Waals surface area contributed by atoms with Gasteiger partial charge in [-0.25, -0.2) is 0 Å². The molecule has 1 amide bonds. The molecule has 132 valence electrons. The molecular weight excluding hydrogens is 338 g/mol. The molecule has 25 heavy (non-hydrogen) atoms. The largest absolute Gasteiger partial charge is 0.336 e. The zero-order chi connectivity index (χ0) is 16.5. The van der Waals surface area contributed by atoms with E-state index in [-0.39, 0.29) is 18.3 Å². The van der Waals surface area contributed by atoms with Crippen molar-refractivity contribution in [3.05, 3.63) is 48.0 Å². The molecule has 4 rings (SSSR count). The Bertz CT molecular complexity index is 759. The molecule has 2 heterocycles. The minimum absolute atomic E-state index is 0. The number of anilines is 2. The van der Waals surface area contributed by atoms with Crippen LogP contribution in [0.1, 0.15) is 10.4 Å². The maximum atomic E-state index is 12.5. The number of benzene rings is 2. The van der Waals surface area contributed by atoms with Crippen molar-refractivity contribution in [3.8, 4) is 11.1 Å². The van der Waals surface area contributed by atoms with E-state index in [1.807, 2.05) is 41.2 Å². The molecule has 1 saturated heterocycles. The van der Waals surface area contributed by atoms with Crippen LogP contribution in [0.3, 0.4) is 0 Å². The van der Waals surface area contributed by atoms with E-state index in [1.54, 1.807) is 0 Å². The predicted octanol–water partition coefficient (Wildman–Crippen LogP) is 2.10. The number of hydrogen-bond acceptors (Lipinski definition) is 5. The van der Waals surface area contributed by atoms with Crippen LogP contribution in [0.25, 0.3) is 11.1 Å². The molecule has 0 bridgehead atoms. The highest BCUT2D eigenvalue weighted by Gasteiger charge is 2.18. The fraction of sp³-hybridized carbons (Fsp3) is 0.278. The van der Waals surface area contributed by atoms with E-state index < -0.39 is 0 Å². The second-order valence-electron chi connectivity index (χ2n) is 6.15. The summed E-state index contributed by atoms with van der Waals surface area (Å²) in [5, 5.41) is 5.21. The van der Waals surface area contributed by atoms with E-state index in [1.165, 1.54) is 0 Å². The van der Waals surface area contributed by atoms with Gasteiger partial charge in [-0.2, -0.15) is 0 Å². The van der Waals surface area contributed by atoms with Gasteiger partial charge in [0.1, 0.15) is 0 Å². The maximum Gasteiger partial charge on any atom is 0.253 e. The number of carbonyl (C=O) groups excluding carboxylic acids is 1. The number of nitrogens with zero attached hydrogens (tertiary/aromatic N) is 2. The zero-order valence-electron chi connectivity index (χ0n) is 14.1. The lowest BCUT2D eigenvalue weighted by molar-refractivity contribution is 0.0736. The standard InChI is InChI=1S/C18H21N5O.ClH/c1-22-17-7-6-15(12-16(17)20-21-22)13-2-4-14(5-3-13)18(24)23-10-8-19-9-11-23;/h2-7,12,19-21H,8-11H2,1H3;1H. The van der Waals surface area contributed by atoms with Gasteiger partial charge in [0, 0.05) is 38.8 Å². The highest BCUT2D eigenvalue weighted by atomic mass is 35.5. The third-order valence-corrected chi connectivity index (χ3v) is 4.59. The van der Waals surface area contributed by atoms with Gasteiger partial charge in [-0.3, -0.25) is 9.80 Å². The first kappa shape index (κ1) is 17.5. The Morgan fingerprint density at radius 1 is 1.00 bits per heavy atom. The number of amides is 1. The van der Waals surface area contributed by atoms with Crippen molar-refractivity contribution >= 4 is 29.7 Å². The first-order chi connectivity index (χ1) is 11.7. The molecule has 0 atom stereocenters. The van der Waals surface area contributed by atoms with Crippen molar-refractivity contribution < 1.29 is 4.79 Å². The molecule has 7 heteroatoms. The van der Waals surface area contributed by atoms with Gasteiger partial charge in [-0.1, -0.05) is 18.2 Å². The lowest BCUT2D eigenvalue weighted by atomic mass is 10.0. The number of halogens is 1. The van der Waals surface area contributed by atoms with E-state index in [9.17, 15) is 4.79 Å². The molecule has 0 spiro atoms. The lowest BCUT2D eigenvalue weighted by Gasteiger charge is -2.27. The van der Waals surface area contributed by atoms with Crippen LogP contribution < -0.4 is 21.3 Å². The molecule has 2 aromatic carbocycles. The Hall–Kier alpha value is -2.28. The average molecular weight is 360 g/mol. The third-order valence-electron chi connectivity index (χ3n) is 4.59. The van der Waals surface area contributed by atoms with Crippen LogP contribution >= 0.6 is 12.4 Å². The number of hydrogen-bond donors (Lipinski definition) is 3. The van der Waals surface area contributed by atoms with E-state index in [2.05, 4.69) is 34.5 Å². The summed E-state index contributed by atoms with van der Waals surface area (Å²) >= 11 is 0. The first-order valence-electron chi connectivity index (χ1n) is 8.22. The molecule has 6 nitrogen and oxygen atoms in total. The van der Waals surface area contributed by atoms with Crippen LogP contribution in [0.15, 0.2) is 42.5 Å². The Morgan fingerprint density at radius 3 is 2.40 bits per heavy atom. The Balaban J connectivity index is 0.00000182. The minimum Gasteiger partial charge on any atom is -0.336 e. The van der Waals surface area contributed by atoms with Gasteiger partial charge in [-0.15, -0.1) is 17.9 Å². The molecule has 3 N–H and O–H groups in total. The number of rotatable bonds is 2. The average Bonchev–Trinajstić information content (AvgIpc) is 3.02. The topological polar surface area (TPSA) is 59.6 Å². The molecule has 0 radical (unpaired) electrons. The Labute approximate surface area is 153 Å². The van der Waals surface area contributed by atoms with Gasteiger partial charge >= 0.3 is 0 Å². The van der Waals surface area contributed by atoms with Crippen molar-refractivity contribution in [3.63, 3.8) is 0 Å². The normalized spacial score (nSPS) is 16.0. The van der Waals surface area contributed by atoms with Gasteiger partial charge < -0.3 is 15.6 Å². The summed E-state index contributed by atoms with van der Waals surface area (Å²) in [6.07, 6.45) is 0. The molecule has 0 aliphatic carbocycles. The van der Waals surface area contributed by atoms with Crippen LogP contribution in [-0.4, -0.2) is 44.0 Å². The van der Waals surface area contributed by atoms with E-state index in [0.29, 0.717) is 0 Å². The number of hydrazine groups is 2. The third kappa shape index (κ3) is 3.42. The predicted molar refractivity (Wildman–Crippen MR) is 103 cm³/mol. The molecule has 0 aromatic heterocycles. The van der Waals surface area contributed by atoms with Crippen LogP contribution in [0, 0.1) is 0 Å². The zero-order valence-corrected chi connectivity index (χ0v) is 14.9. The van der Waals surface area contributed by atoms with Gasteiger partial charge in [-0.05, 0) is 35.4 Å². The second kappa shape index (κ2) is 7.31. The van der Waals surface area contributed by atoms with Crippen LogP contribution in [-0.2, 0) is 0 Å². The molecule has 2 aromatic rings. The van der Waals surface area contributed by atoms with Crippen LogP contribution in [0.2, 0.25) is 0 Å².